The number of benzene rings is 2. The van der Waals surface area contributed by atoms with Gasteiger partial charge in [0.1, 0.15) is 0 Å². The molecule has 126 valence electrons. The van der Waals surface area contributed by atoms with Gasteiger partial charge < -0.3 is 0 Å². The van der Waals surface area contributed by atoms with E-state index in [1.165, 1.54) is 36.3 Å². The Bertz CT molecular complexity index is 601. The molecule has 1 heteroatoms. The van der Waals surface area contributed by atoms with E-state index in [2.05, 4.69) is 87.2 Å². The van der Waals surface area contributed by atoms with E-state index in [-0.39, 0.29) is 0 Å². The summed E-state index contributed by atoms with van der Waals surface area (Å²) in [6.07, 6.45) is 7.84. The molecule has 0 spiro atoms. The van der Waals surface area contributed by atoms with Gasteiger partial charge in [0.25, 0.3) is 0 Å². The molecule has 2 aromatic rings. The van der Waals surface area contributed by atoms with Gasteiger partial charge in [-0.15, -0.1) is 6.58 Å². The maximum Gasteiger partial charge on any atom is -0.0135 e. The molecule has 0 heterocycles. The molecule has 0 aliphatic carbocycles. The monoisotopic (exact) mass is 336 g/mol. The van der Waals surface area contributed by atoms with Gasteiger partial charge in [-0.2, -0.15) is 0 Å². The molecule has 0 aliphatic rings. The van der Waals surface area contributed by atoms with Gasteiger partial charge in [0.15, 0.2) is 0 Å². The second-order valence-corrected chi connectivity index (χ2v) is 8.29. The molecule has 0 radical (unpaired) electrons. The normalized spacial score (nSPS) is 12.1. The minimum absolute atomic E-state index is 0.451. The standard InChI is InChI=1S/C23H29P/c1-4-13-20(14-5-2)23(15-6-3)24(21-16-9-7-10-17-21)22-18-11-8-12-19-22/h4,7-12,16-19H,1,5-6,13-15H2,2-3H3. The van der Waals surface area contributed by atoms with Crippen molar-refractivity contribution in [1.82, 2.24) is 0 Å². The Hall–Kier alpha value is -1.65. The first-order chi connectivity index (χ1) is 11.8. The van der Waals surface area contributed by atoms with Crippen LogP contribution in [0.1, 0.15) is 46.0 Å². The molecule has 0 fully saturated rings. The average molecular weight is 336 g/mol. The van der Waals surface area contributed by atoms with Gasteiger partial charge in [-0.05, 0) is 43.1 Å². The van der Waals surface area contributed by atoms with E-state index in [0.29, 0.717) is 0 Å². The summed E-state index contributed by atoms with van der Waals surface area (Å²) < 4.78 is 0. The van der Waals surface area contributed by atoms with Crippen LogP contribution < -0.4 is 10.6 Å². The van der Waals surface area contributed by atoms with Gasteiger partial charge in [-0.1, -0.05) is 99.0 Å². The summed E-state index contributed by atoms with van der Waals surface area (Å²) in [5, 5.41) is 4.58. The highest BCUT2D eigenvalue weighted by Crippen LogP contribution is 2.48. The van der Waals surface area contributed by atoms with Gasteiger partial charge in [-0.3, -0.25) is 0 Å². The molecular formula is C23H29P. The average Bonchev–Trinajstić information content (AvgIpc) is 2.63. The molecule has 0 aromatic heterocycles. The van der Waals surface area contributed by atoms with Crippen LogP contribution >= 0.6 is 7.92 Å². The Morgan fingerprint density at radius 3 is 1.75 bits per heavy atom. The van der Waals surface area contributed by atoms with Crippen molar-refractivity contribution in [2.45, 2.75) is 46.0 Å². The summed E-state index contributed by atoms with van der Waals surface area (Å²) >= 11 is 0. The Labute approximate surface area is 149 Å². The molecule has 0 unspecified atom stereocenters. The fraction of sp³-hybridized carbons (Fsp3) is 0.304. The van der Waals surface area contributed by atoms with E-state index in [4.69, 9.17) is 0 Å². The van der Waals surface area contributed by atoms with E-state index in [1.54, 1.807) is 10.9 Å². The summed E-state index contributed by atoms with van der Waals surface area (Å²) in [5.41, 5.74) is 1.60. The van der Waals surface area contributed by atoms with Gasteiger partial charge >= 0.3 is 0 Å². The van der Waals surface area contributed by atoms with Crippen molar-refractivity contribution in [3.63, 3.8) is 0 Å². The summed E-state index contributed by atoms with van der Waals surface area (Å²) in [4.78, 5) is 0. The summed E-state index contributed by atoms with van der Waals surface area (Å²) in [7, 11) is -0.451. The van der Waals surface area contributed by atoms with Crippen molar-refractivity contribution in [3.05, 3.63) is 84.2 Å². The van der Waals surface area contributed by atoms with Crippen LogP contribution in [0.2, 0.25) is 0 Å². The third-order valence-electron chi connectivity index (χ3n) is 4.14. The Morgan fingerprint density at radius 1 is 0.833 bits per heavy atom. The van der Waals surface area contributed by atoms with Gasteiger partial charge in [0.2, 0.25) is 0 Å². The van der Waals surface area contributed by atoms with Crippen LogP contribution in [0, 0.1) is 0 Å². The Balaban J connectivity index is 2.61. The van der Waals surface area contributed by atoms with E-state index in [0.717, 1.165) is 6.42 Å². The van der Waals surface area contributed by atoms with Crippen LogP contribution in [0.3, 0.4) is 0 Å². The zero-order chi connectivity index (χ0) is 17.2. The molecule has 0 aliphatic heterocycles. The van der Waals surface area contributed by atoms with Crippen LogP contribution in [0.5, 0.6) is 0 Å². The summed E-state index contributed by atoms with van der Waals surface area (Å²) in [6, 6.07) is 22.1. The lowest BCUT2D eigenvalue weighted by molar-refractivity contribution is 0.845. The first-order valence-electron chi connectivity index (χ1n) is 9.03. The molecule has 0 amide bonds. The van der Waals surface area contributed by atoms with E-state index < -0.39 is 7.92 Å². The Morgan fingerprint density at radius 2 is 1.33 bits per heavy atom. The Kier molecular flexibility index (Phi) is 7.99. The quantitative estimate of drug-likeness (QED) is 0.360. The zero-order valence-corrected chi connectivity index (χ0v) is 15.9. The van der Waals surface area contributed by atoms with Gasteiger partial charge in [0, 0.05) is 0 Å². The minimum atomic E-state index is -0.451. The molecule has 0 saturated carbocycles. The lowest BCUT2D eigenvalue weighted by Crippen LogP contribution is -2.14. The van der Waals surface area contributed by atoms with Crippen LogP contribution in [0.25, 0.3) is 0 Å². The maximum atomic E-state index is 4.00. The fourth-order valence-electron chi connectivity index (χ4n) is 3.14. The second kappa shape index (κ2) is 10.3. The highest BCUT2D eigenvalue weighted by molar-refractivity contribution is 7.76. The molecule has 2 rings (SSSR count). The summed E-state index contributed by atoms with van der Waals surface area (Å²) in [6.45, 7) is 8.57. The zero-order valence-electron chi connectivity index (χ0n) is 15.0. The molecule has 2 aromatic carbocycles. The highest BCUT2D eigenvalue weighted by atomic mass is 31.1. The molecule has 24 heavy (non-hydrogen) atoms. The SMILES string of the molecule is C=CCC(CCC)=C(CCC)P(c1ccccc1)c1ccccc1. The third-order valence-corrected chi connectivity index (χ3v) is 6.84. The van der Waals surface area contributed by atoms with E-state index >= 15 is 0 Å². The predicted molar refractivity (Wildman–Crippen MR) is 111 cm³/mol. The molecule has 0 atom stereocenters. The molecule has 0 N–H and O–H groups in total. The summed E-state index contributed by atoms with van der Waals surface area (Å²) in [5.74, 6) is 0. The van der Waals surface area contributed by atoms with Crippen molar-refractivity contribution in [2.24, 2.45) is 0 Å². The smallest absolute Gasteiger partial charge is 0.0135 e. The van der Waals surface area contributed by atoms with Crippen molar-refractivity contribution in [3.8, 4) is 0 Å². The molecule has 0 bridgehead atoms. The van der Waals surface area contributed by atoms with E-state index in [9.17, 15) is 0 Å². The van der Waals surface area contributed by atoms with Crippen LogP contribution in [-0.4, -0.2) is 0 Å². The van der Waals surface area contributed by atoms with Crippen LogP contribution in [0.4, 0.5) is 0 Å². The highest BCUT2D eigenvalue weighted by Gasteiger charge is 2.20. The molecule has 0 nitrogen and oxygen atoms in total. The van der Waals surface area contributed by atoms with Crippen molar-refractivity contribution in [2.75, 3.05) is 0 Å². The predicted octanol–water partition coefficient (Wildman–Crippen LogP) is 6.55. The van der Waals surface area contributed by atoms with Crippen molar-refractivity contribution < 1.29 is 0 Å². The number of hydrogen-bond acceptors (Lipinski definition) is 0. The van der Waals surface area contributed by atoms with Crippen molar-refractivity contribution in [1.29, 1.82) is 0 Å². The van der Waals surface area contributed by atoms with Gasteiger partial charge in [-0.25, -0.2) is 0 Å². The largest absolute Gasteiger partial charge is 0.103 e. The number of hydrogen-bond donors (Lipinski definition) is 0. The first kappa shape index (κ1) is 18.7. The topological polar surface area (TPSA) is 0 Å². The van der Waals surface area contributed by atoms with E-state index in [1.807, 2.05) is 0 Å². The maximum absolute atomic E-state index is 4.00. The number of allylic oxidation sites excluding steroid dienone is 3. The van der Waals surface area contributed by atoms with Gasteiger partial charge in [0.05, 0.1) is 0 Å². The van der Waals surface area contributed by atoms with Crippen LogP contribution in [0.15, 0.2) is 84.2 Å². The molecular weight excluding hydrogens is 307 g/mol. The molecule has 0 saturated heterocycles. The third kappa shape index (κ3) is 4.92. The number of rotatable bonds is 9. The van der Waals surface area contributed by atoms with Crippen molar-refractivity contribution >= 4 is 18.5 Å². The first-order valence-corrected chi connectivity index (χ1v) is 10.4. The second-order valence-electron chi connectivity index (χ2n) is 6.05. The minimum Gasteiger partial charge on any atom is -0.103 e. The fourth-order valence-corrected chi connectivity index (χ4v) is 5.97. The lowest BCUT2D eigenvalue weighted by atomic mass is 10.1. The van der Waals surface area contributed by atoms with Crippen LogP contribution in [-0.2, 0) is 0 Å². The lowest BCUT2D eigenvalue weighted by Gasteiger charge is -2.25.